The van der Waals surface area contributed by atoms with Crippen LogP contribution < -0.4 is 5.32 Å². The highest BCUT2D eigenvalue weighted by atomic mass is 16.2. The standard InChI is InChI=1S/C15H25N3O/c19-15(13-9-16-10-13)18-5-3-17(4-6-18)14-8-11-1-2-12(14)7-11/h11-14,16H,1-10H2. The second kappa shape index (κ2) is 4.74. The van der Waals surface area contributed by atoms with Gasteiger partial charge in [-0.3, -0.25) is 9.69 Å². The average Bonchev–Trinajstić information content (AvgIpc) is 2.99. The summed E-state index contributed by atoms with van der Waals surface area (Å²) in [5, 5.41) is 3.20. The number of nitrogens with zero attached hydrogens (tertiary/aromatic N) is 2. The van der Waals surface area contributed by atoms with Crippen LogP contribution in [0, 0.1) is 17.8 Å². The van der Waals surface area contributed by atoms with E-state index in [2.05, 4.69) is 15.1 Å². The summed E-state index contributed by atoms with van der Waals surface area (Å²) in [6.07, 6.45) is 5.86. The first kappa shape index (κ1) is 12.2. The molecular weight excluding hydrogens is 238 g/mol. The lowest BCUT2D eigenvalue weighted by Crippen LogP contribution is -2.58. The van der Waals surface area contributed by atoms with Crippen molar-refractivity contribution in [2.45, 2.75) is 31.7 Å². The van der Waals surface area contributed by atoms with E-state index in [1.807, 2.05) is 0 Å². The van der Waals surface area contributed by atoms with Gasteiger partial charge in [-0.15, -0.1) is 0 Å². The number of piperazine rings is 1. The fraction of sp³-hybridized carbons (Fsp3) is 0.933. The minimum atomic E-state index is 0.272. The van der Waals surface area contributed by atoms with Crippen molar-refractivity contribution in [3.63, 3.8) is 0 Å². The van der Waals surface area contributed by atoms with Crippen molar-refractivity contribution in [2.75, 3.05) is 39.3 Å². The fourth-order valence-corrected chi connectivity index (χ4v) is 4.65. The second-order valence-electron chi connectivity index (χ2n) is 6.96. The molecule has 3 unspecified atom stereocenters. The van der Waals surface area contributed by atoms with Crippen molar-refractivity contribution in [1.29, 1.82) is 0 Å². The summed E-state index contributed by atoms with van der Waals surface area (Å²) in [6.45, 7) is 5.93. The Bertz CT molecular complexity index is 360. The van der Waals surface area contributed by atoms with E-state index in [-0.39, 0.29) is 5.92 Å². The predicted octanol–water partition coefficient (Wildman–Crippen LogP) is 0.539. The molecule has 2 saturated heterocycles. The quantitative estimate of drug-likeness (QED) is 0.790. The van der Waals surface area contributed by atoms with Gasteiger partial charge in [0.25, 0.3) is 0 Å². The summed E-state index contributed by atoms with van der Waals surface area (Å²) in [5.41, 5.74) is 0. The molecule has 2 saturated carbocycles. The average molecular weight is 263 g/mol. The Labute approximate surface area is 115 Å². The monoisotopic (exact) mass is 263 g/mol. The van der Waals surface area contributed by atoms with Gasteiger partial charge in [-0.2, -0.15) is 0 Å². The Hall–Kier alpha value is -0.610. The van der Waals surface area contributed by atoms with Gasteiger partial charge < -0.3 is 10.2 Å². The summed E-state index contributed by atoms with van der Waals surface area (Å²) in [7, 11) is 0. The topological polar surface area (TPSA) is 35.6 Å². The molecule has 19 heavy (non-hydrogen) atoms. The molecule has 4 nitrogen and oxygen atoms in total. The molecule has 0 aromatic carbocycles. The van der Waals surface area contributed by atoms with Gasteiger partial charge in [-0.05, 0) is 31.1 Å². The molecule has 4 fully saturated rings. The Morgan fingerprint density at radius 2 is 1.79 bits per heavy atom. The first-order chi connectivity index (χ1) is 9.31. The normalized spacial score (nSPS) is 39.6. The van der Waals surface area contributed by atoms with Crippen molar-refractivity contribution in [1.82, 2.24) is 15.1 Å². The van der Waals surface area contributed by atoms with E-state index >= 15 is 0 Å². The molecule has 4 heteroatoms. The molecule has 4 aliphatic rings. The molecular formula is C15H25N3O. The van der Waals surface area contributed by atoms with Crippen molar-refractivity contribution in [3.05, 3.63) is 0 Å². The van der Waals surface area contributed by atoms with Crippen molar-refractivity contribution in [2.24, 2.45) is 17.8 Å². The van der Waals surface area contributed by atoms with Crippen LogP contribution in [0.5, 0.6) is 0 Å². The maximum atomic E-state index is 12.2. The van der Waals surface area contributed by atoms with Gasteiger partial charge in [0, 0.05) is 45.3 Å². The largest absolute Gasteiger partial charge is 0.340 e. The van der Waals surface area contributed by atoms with Gasteiger partial charge in [-0.25, -0.2) is 0 Å². The molecule has 1 N–H and O–H groups in total. The van der Waals surface area contributed by atoms with E-state index in [1.54, 1.807) is 0 Å². The number of nitrogens with one attached hydrogen (secondary N) is 1. The number of amides is 1. The third-order valence-electron chi connectivity index (χ3n) is 5.93. The highest BCUT2D eigenvalue weighted by molar-refractivity contribution is 5.80. The lowest BCUT2D eigenvalue weighted by atomic mass is 9.93. The molecule has 0 aromatic rings. The number of hydrogen-bond acceptors (Lipinski definition) is 3. The zero-order valence-corrected chi connectivity index (χ0v) is 11.7. The van der Waals surface area contributed by atoms with Gasteiger partial charge in [0.1, 0.15) is 0 Å². The van der Waals surface area contributed by atoms with Crippen molar-refractivity contribution in [3.8, 4) is 0 Å². The minimum Gasteiger partial charge on any atom is -0.340 e. The molecule has 106 valence electrons. The van der Waals surface area contributed by atoms with Crippen LogP contribution in [0.25, 0.3) is 0 Å². The summed E-state index contributed by atoms with van der Waals surface area (Å²) < 4.78 is 0. The Kier molecular flexibility index (Phi) is 3.03. The molecule has 1 amide bonds. The summed E-state index contributed by atoms with van der Waals surface area (Å²) >= 11 is 0. The zero-order chi connectivity index (χ0) is 12.8. The molecule has 0 spiro atoms. The first-order valence-electron chi connectivity index (χ1n) is 8.05. The van der Waals surface area contributed by atoms with E-state index in [9.17, 15) is 4.79 Å². The lowest BCUT2D eigenvalue weighted by Gasteiger charge is -2.42. The molecule has 2 aliphatic heterocycles. The van der Waals surface area contributed by atoms with Crippen molar-refractivity contribution >= 4 is 5.91 Å². The summed E-state index contributed by atoms with van der Waals surface area (Å²) in [4.78, 5) is 17.0. The smallest absolute Gasteiger partial charge is 0.228 e. The second-order valence-corrected chi connectivity index (χ2v) is 6.96. The summed E-state index contributed by atoms with van der Waals surface area (Å²) in [5.74, 6) is 2.67. The van der Waals surface area contributed by atoms with Crippen LogP contribution in [0.4, 0.5) is 0 Å². The molecule has 0 aromatic heterocycles. The van der Waals surface area contributed by atoms with Crippen LogP contribution in [0.3, 0.4) is 0 Å². The van der Waals surface area contributed by atoms with E-state index in [1.165, 1.54) is 25.7 Å². The molecule has 3 atom stereocenters. The Balaban J connectivity index is 1.31. The number of fused-ring (bicyclic) bond motifs is 2. The highest BCUT2D eigenvalue weighted by Crippen LogP contribution is 2.46. The van der Waals surface area contributed by atoms with Gasteiger partial charge >= 0.3 is 0 Å². The van der Waals surface area contributed by atoms with Crippen LogP contribution in [0.15, 0.2) is 0 Å². The fourth-order valence-electron chi connectivity index (χ4n) is 4.65. The van der Waals surface area contributed by atoms with E-state index < -0.39 is 0 Å². The van der Waals surface area contributed by atoms with Gasteiger partial charge in [0.2, 0.25) is 5.91 Å². The first-order valence-corrected chi connectivity index (χ1v) is 8.05. The molecule has 2 heterocycles. The van der Waals surface area contributed by atoms with Crippen LogP contribution in [-0.4, -0.2) is 61.0 Å². The van der Waals surface area contributed by atoms with Gasteiger partial charge in [-0.1, -0.05) is 6.42 Å². The van der Waals surface area contributed by atoms with E-state index in [0.717, 1.165) is 57.1 Å². The predicted molar refractivity (Wildman–Crippen MR) is 73.7 cm³/mol. The zero-order valence-electron chi connectivity index (χ0n) is 11.7. The maximum absolute atomic E-state index is 12.2. The minimum absolute atomic E-state index is 0.272. The number of carbonyl (C=O) groups is 1. The third kappa shape index (κ3) is 2.09. The number of hydrogen-bond donors (Lipinski definition) is 1. The van der Waals surface area contributed by atoms with E-state index in [4.69, 9.17) is 0 Å². The molecule has 4 rings (SSSR count). The summed E-state index contributed by atoms with van der Waals surface area (Å²) in [6, 6.07) is 0.848. The molecule has 2 bridgehead atoms. The highest BCUT2D eigenvalue weighted by Gasteiger charge is 2.43. The van der Waals surface area contributed by atoms with Crippen LogP contribution in [-0.2, 0) is 4.79 Å². The number of rotatable bonds is 2. The maximum Gasteiger partial charge on any atom is 0.228 e. The Morgan fingerprint density at radius 3 is 2.32 bits per heavy atom. The molecule has 0 radical (unpaired) electrons. The number of carbonyl (C=O) groups excluding carboxylic acids is 1. The van der Waals surface area contributed by atoms with Gasteiger partial charge in [0.05, 0.1) is 5.92 Å². The lowest BCUT2D eigenvalue weighted by molar-refractivity contribution is -0.139. The third-order valence-corrected chi connectivity index (χ3v) is 5.93. The Morgan fingerprint density at radius 1 is 1.00 bits per heavy atom. The van der Waals surface area contributed by atoms with E-state index in [0.29, 0.717) is 5.91 Å². The SMILES string of the molecule is O=C(C1CNC1)N1CCN(C2CC3CCC2C3)CC1. The van der Waals surface area contributed by atoms with Gasteiger partial charge in [0.15, 0.2) is 0 Å². The van der Waals surface area contributed by atoms with Crippen LogP contribution >= 0.6 is 0 Å². The van der Waals surface area contributed by atoms with Crippen molar-refractivity contribution < 1.29 is 4.79 Å². The molecule has 2 aliphatic carbocycles. The van der Waals surface area contributed by atoms with Crippen LogP contribution in [0.1, 0.15) is 25.7 Å². The van der Waals surface area contributed by atoms with Crippen LogP contribution in [0.2, 0.25) is 0 Å².